The van der Waals surface area contributed by atoms with Gasteiger partial charge in [-0.3, -0.25) is 19.3 Å². The average molecular weight is 417 g/mol. The van der Waals surface area contributed by atoms with Crippen LogP contribution in [-0.2, 0) is 6.61 Å². The molecule has 4 aromatic rings. The maximum Gasteiger partial charge on any atom is 0.270 e. The standard InChI is InChI=1S/C23H19N3O5/c1-15-4-3-11-25-22(27)12-17(24-23(15)25)14-31-21-10-7-18(26(28)29)13-20(21)16-5-8-19(30-2)9-6-16/h3-13H,14H2,1-2H3. The molecule has 0 radical (unpaired) electrons. The normalized spacial score (nSPS) is 10.8. The summed E-state index contributed by atoms with van der Waals surface area (Å²) >= 11 is 0. The summed E-state index contributed by atoms with van der Waals surface area (Å²) in [6.07, 6.45) is 1.67. The molecule has 2 aromatic heterocycles. The first kappa shape index (κ1) is 20.1. The Kier molecular flexibility index (Phi) is 5.36. The Morgan fingerprint density at radius 3 is 2.58 bits per heavy atom. The highest BCUT2D eigenvalue weighted by molar-refractivity contribution is 5.73. The zero-order valence-electron chi connectivity index (χ0n) is 16.9. The van der Waals surface area contributed by atoms with E-state index >= 15 is 0 Å². The van der Waals surface area contributed by atoms with Crippen LogP contribution in [0.1, 0.15) is 11.3 Å². The Balaban J connectivity index is 1.69. The van der Waals surface area contributed by atoms with Crippen molar-refractivity contribution in [2.45, 2.75) is 13.5 Å². The average Bonchev–Trinajstić information content (AvgIpc) is 2.78. The van der Waals surface area contributed by atoms with Crippen molar-refractivity contribution in [2.75, 3.05) is 7.11 Å². The number of aryl methyl sites for hydroxylation is 1. The molecule has 4 rings (SSSR count). The van der Waals surface area contributed by atoms with Gasteiger partial charge in [-0.25, -0.2) is 4.98 Å². The Morgan fingerprint density at radius 1 is 1.10 bits per heavy atom. The largest absolute Gasteiger partial charge is 0.497 e. The van der Waals surface area contributed by atoms with Crippen LogP contribution in [-0.4, -0.2) is 21.4 Å². The number of nitrogens with zero attached hydrogens (tertiary/aromatic N) is 3. The van der Waals surface area contributed by atoms with Crippen molar-refractivity contribution in [1.82, 2.24) is 9.38 Å². The summed E-state index contributed by atoms with van der Waals surface area (Å²) in [7, 11) is 1.57. The summed E-state index contributed by atoms with van der Waals surface area (Å²) in [5.41, 5.74) is 2.95. The molecular weight excluding hydrogens is 398 g/mol. The van der Waals surface area contributed by atoms with Gasteiger partial charge < -0.3 is 9.47 Å². The summed E-state index contributed by atoms with van der Waals surface area (Å²) in [6, 6.07) is 16.6. The van der Waals surface area contributed by atoms with Crippen LogP contribution in [0.5, 0.6) is 11.5 Å². The molecule has 0 saturated heterocycles. The molecular formula is C23H19N3O5. The fraction of sp³-hybridized carbons (Fsp3) is 0.130. The van der Waals surface area contributed by atoms with E-state index in [2.05, 4.69) is 4.98 Å². The van der Waals surface area contributed by atoms with E-state index in [0.717, 1.165) is 11.1 Å². The first-order chi connectivity index (χ1) is 15.0. The number of ether oxygens (including phenoxy) is 2. The van der Waals surface area contributed by atoms with Gasteiger partial charge in [-0.1, -0.05) is 18.2 Å². The lowest BCUT2D eigenvalue weighted by Gasteiger charge is -2.13. The number of pyridine rings is 1. The molecule has 0 amide bonds. The van der Waals surface area contributed by atoms with Crippen LogP contribution in [0.25, 0.3) is 16.8 Å². The maximum atomic E-state index is 12.4. The number of hydrogen-bond acceptors (Lipinski definition) is 6. The van der Waals surface area contributed by atoms with Gasteiger partial charge >= 0.3 is 0 Å². The summed E-state index contributed by atoms with van der Waals surface area (Å²) in [5.74, 6) is 1.12. The fourth-order valence-corrected chi connectivity index (χ4v) is 3.29. The second-order valence-electron chi connectivity index (χ2n) is 6.93. The van der Waals surface area contributed by atoms with Gasteiger partial charge in [0, 0.05) is 30.0 Å². The lowest BCUT2D eigenvalue weighted by molar-refractivity contribution is -0.384. The first-order valence-corrected chi connectivity index (χ1v) is 9.50. The van der Waals surface area contributed by atoms with Gasteiger partial charge in [0.2, 0.25) is 0 Å². The van der Waals surface area contributed by atoms with E-state index in [1.165, 1.54) is 22.6 Å². The van der Waals surface area contributed by atoms with Crippen molar-refractivity contribution in [1.29, 1.82) is 0 Å². The van der Waals surface area contributed by atoms with Gasteiger partial charge in [0.25, 0.3) is 11.2 Å². The third kappa shape index (κ3) is 4.09. The summed E-state index contributed by atoms with van der Waals surface area (Å²) < 4.78 is 12.6. The first-order valence-electron chi connectivity index (χ1n) is 9.50. The number of aromatic nitrogens is 2. The second kappa shape index (κ2) is 8.27. The minimum Gasteiger partial charge on any atom is -0.497 e. The van der Waals surface area contributed by atoms with Crippen LogP contribution >= 0.6 is 0 Å². The molecule has 0 aliphatic carbocycles. The number of hydrogen-bond donors (Lipinski definition) is 0. The molecule has 0 saturated carbocycles. The third-order valence-electron chi connectivity index (χ3n) is 4.89. The van der Waals surface area contributed by atoms with Gasteiger partial charge in [0.15, 0.2) is 0 Å². The predicted molar refractivity (Wildman–Crippen MR) is 116 cm³/mol. The van der Waals surface area contributed by atoms with E-state index in [-0.39, 0.29) is 17.9 Å². The Labute approximate surface area is 177 Å². The number of benzene rings is 2. The molecule has 0 spiro atoms. The van der Waals surface area contributed by atoms with E-state index in [1.807, 2.05) is 13.0 Å². The summed E-state index contributed by atoms with van der Waals surface area (Å²) in [4.78, 5) is 27.8. The highest BCUT2D eigenvalue weighted by atomic mass is 16.6. The zero-order chi connectivity index (χ0) is 22.0. The Morgan fingerprint density at radius 2 is 1.87 bits per heavy atom. The van der Waals surface area contributed by atoms with E-state index in [9.17, 15) is 14.9 Å². The van der Waals surface area contributed by atoms with Crippen molar-refractivity contribution in [3.05, 3.63) is 98.6 Å². The molecule has 31 heavy (non-hydrogen) atoms. The smallest absolute Gasteiger partial charge is 0.270 e. The Bertz CT molecular complexity index is 1330. The molecule has 0 atom stereocenters. The molecule has 0 unspecified atom stereocenters. The Hall–Kier alpha value is -4.20. The van der Waals surface area contributed by atoms with Crippen molar-refractivity contribution in [3.8, 4) is 22.6 Å². The number of nitro groups is 1. The van der Waals surface area contributed by atoms with Crippen LogP contribution < -0.4 is 15.0 Å². The molecule has 2 aromatic carbocycles. The van der Waals surface area contributed by atoms with E-state index in [0.29, 0.717) is 28.4 Å². The van der Waals surface area contributed by atoms with Crippen molar-refractivity contribution < 1.29 is 14.4 Å². The van der Waals surface area contributed by atoms with Gasteiger partial charge in [-0.15, -0.1) is 0 Å². The van der Waals surface area contributed by atoms with E-state index in [4.69, 9.17) is 9.47 Å². The zero-order valence-corrected chi connectivity index (χ0v) is 16.9. The minimum absolute atomic E-state index is 0.0427. The molecule has 0 aliphatic rings. The van der Waals surface area contributed by atoms with Crippen molar-refractivity contribution >= 4 is 11.3 Å². The van der Waals surface area contributed by atoms with Gasteiger partial charge in [-0.2, -0.15) is 0 Å². The van der Waals surface area contributed by atoms with E-state index in [1.54, 1.807) is 49.7 Å². The molecule has 8 heteroatoms. The minimum atomic E-state index is -0.453. The molecule has 8 nitrogen and oxygen atoms in total. The summed E-state index contributed by atoms with van der Waals surface area (Å²) in [5, 5.41) is 11.3. The monoisotopic (exact) mass is 417 g/mol. The van der Waals surface area contributed by atoms with Crippen LogP contribution in [0.4, 0.5) is 5.69 Å². The number of rotatable bonds is 6. The number of fused-ring (bicyclic) bond motifs is 1. The van der Waals surface area contributed by atoms with Gasteiger partial charge in [0.1, 0.15) is 23.8 Å². The van der Waals surface area contributed by atoms with Gasteiger partial charge in [0.05, 0.1) is 17.7 Å². The lowest BCUT2D eigenvalue weighted by atomic mass is 10.0. The highest BCUT2D eigenvalue weighted by Crippen LogP contribution is 2.34. The number of nitro benzene ring substituents is 1. The fourth-order valence-electron chi connectivity index (χ4n) is 3.29. The second-order valence-corrected chi connectivity index (χ2v) is 6.93. The molecule has 0 N–H and O–H groups in total. The number of non-ortho nitro benzene ring substituents is 1. The van der Waals surface area contributed by atoms with Crippen molar-refractivity contribution in [2.24, 2.45) is 0 Å². The van der Waals surface area contributed by atoms with Crippen LogP contribution in [0.2, 0.25) is 0 Å². The SMILES string of the molecule is COc1ccc(-c2cc([N+](=O)[O-])ccc2OCc2cc(=O)n3cccc(C)c3n2)cc1. The molecule has 0 fully saturated rings. The quantitative estimate of drug-likeness (QED) is 0.345. The predicted octanol–water partition coefficient (Wildman–Crippen LogP) is 4.17. The molecule has 0 aliphatic heterocycles. The highest BCUT2D eigenvalue weighted by Gasteiger charge is 2.15. The van der Waals surface area contributed by atoms with E-state index < -0.39 is 4.92 Å². The van der Waals surface area contributed by atoms with Crippen LogP contribution in [0, 0.1) is 17.0 Å². The molecule has 156 valence electrons. The van der Waals surface area contributed by atoms with Gasteiger partial charge in [-0.05, 0) is 42.3 Å². The maximum absolute atomic E-state index is 12.4. The number of methoxy groups -OCH3 is 1. The van der Waals surface area contributed by atoms with Crippen molar-refractivity contribution in [3.63, 3.8) is 0 Å². The summed E-state index contributed by atoms with van der Waals surface area (Å²) in [6.45, 7) is 1.92. The third-order valence-corrected chi connectivity index (χ3v) is 4.89. The molecule has 2 heterocycles. The molecule has 0 bridgehead atoms. The lowest BCUT2D eigenvalue weighted by Crippen LogP contribution is -2.17. The topological polar surface area (TPSA) is 96.0 Å². The van der Waals surface area contributed by atoms with Crippen LogP contribution in [0.3, 0.4) is 0 Å². The van der Waals surface area contributed by atoms with Crippen LogP contribution in [0.15, 0.2) is 71.7 Å².